The number of morpholine rings is 1. The van der Waals surface area contributed by atoms with E-state index in [0.29, 0.717) is 5.92 Å². The average molecular weight is 265 g/mol. The van der Waals surface area contributed by atoms with E-state index >= 15 is 0 Å². The second kappa shape index (κ2) is 6.50. The van der Waals surface area contributed by atoms with E-state index in [2.05, 4.69) is 21.4 Å². The summed E-state index contributed by atoms with van der Waals surface area (Å²) in [6.07, 6.45) is 3.70. The van der Waals surface area contributed by atoms with Gasteiger partial charge in [-0.2, -0.15) is 0 Å². The molecule has 19 heavy (non-hydrogen) atoms. The third-order valence-corrected chi connectivity index (χ3v) is 3.79. The van der Waals surface area contributed by atoms with Crippen LogP contribution in [0.1, 0.15) is 36.6 Å². The van der Waals surface area contributed by atoms with Crippen LogP contribution in [0, 0.1) is 0 Å². The van der Waals surface area contributed by atoms with Crippen molar-refractivity contribution >= 4 is 0 Å². The molecular formula is C14H23N3O2. The SMILES string of the molecule is c1c(CNCCCN2CCOCC2)noc1C1CC1. The van der Waals surface area contributed by atoms with Gasteiger partial charge >= 0.3 is 0 Å². The van der Waals surface area contributed by atoms with E-state index in [-0.39, 0.29) is 0 Å². The molecule has 2 fully saturated rings. The highest BCUT2D eigenvalue weighted by Gasteiger charge is 2.27. The Bertz CT molecular complexity index is 384. The first-order valence-corrected chi connectivity index (χ1v) is 7.38. The van der Waals surface area contributed by atoms with Crippen molar-refractivity contribution in [1.29, 1.82) is 0 Å². The Morgan fingerprint density at radius 1 is 1.32 bits per heavy atom. The van der Waals surface area contributed by atoms with Crippen LogP contribution in [-0.4, -0.2) is 49.4 Å². The Morgan fingerprint density at radius 2 is 2.16 bits per heavy atom. The zero-order chi connectivity index (χ0) is 12.9. The maximum Gasteiger partial charge on any atom is 0.140 e. The molecule has 0 unspecified atom stereocenters. The molecule has 1 aliphatic carbocycles. The van der Waals surface area contributed by atoms with Gasteiger partial charge in [-0.05, 0) is 32.4 Å². The van der Waals surface area contributed by atoms with Crippen molar-refractivity contribution in [3.8, 4) is 0 Å². The van der Waals surface area contributed by atoms with Crippen LogP contribution in [0.5, 0.6) is 0 Å². The summed E-state index contributed by atoms with van der Waals surface area (Å²) >= 11 is 0. The zero-order valence-corrected chi connectivity index (χ0v) is 11.4. The van der Waals surface area contributed by atoms with Crippen LogP contribution in [0.25, 0.3) is 0 Å². The molecule has 1 saturated carbocycles. The van der Waals surface area contributed by atoms with Gasteiger partial charge in [0.25, 0.3) is 0 Å². The molecule has 106 valence electrons. The number of rotatable bonds is 7. The van der Waals surface area contributed by atoms with Crippen LogP contribution < -0.4 is 5.32 Å². The number of nitrogens with zero attached hydrogens (tertiary/aromatic N) is 2. The van der Waals surface area contributed by atoms with E-state index in [0.717, 1.165) is 57.4 Å². The molecule has 1 N–H and O–H groups in total. The molecule has 1 aliphatic heterocycles. The first-order valence-electron chi connectivity index (χ1n) is 7.38. The highest BCUT2D eigenvalue weighted by Crippen LogP contribution is 2.40. The Balaban J connectivity index is 1.27. The Labute approximate surface area is 114 Å². The maximum atomic E-state index is 5.34. The van der Waals surface area contributed by atoms with E-state index in [4.69, 9.17) is 9.26 Å². The Morgan fingerprint density at radius 3 is 2.95 bits per heavy atom. The highest BCUT2D eigenvalue weighted by molar-refractivity contribution is 5.14. The lowest BCUT2D eigenvalue weighted by molar-refractivity contribution is 0.0374. The standard InChI is InChI=1S/C14H23N3O2/c1(5-17-6-8-18-9-7-17)4-15-11-13-10-14(19-16-13)12-2-3-12/h10,12,15H,1-9,11H2. The monoisotopic (exact) mass is 265 g/mol. The first-order chi connectivity index (χ1) is 9.42. The van der Waals surface area contributed by atoms with E-state index in [1.807, 2.05) is 0 Å². The van der Waals surface area contributed by atoms with Crippen molar-refractivity contribution in [2.45, 2.75) is 31.7 Å². The quantitative estimate of drug-likeness (QED) is 0.755. The normalized spacial score (nSPS) is 20.8. The fourth-order valence-electron chi connectivity index (χ4n) is 2.44. The summed E-state index contributed by atoms with van der Waals surface area (Å²) in [5.74, 6) is 1.73. The van der Waals surface area contributed by atoms with E-state index in [9.17, 15) is 0 Å². The minimum Gasteiger partial charge on any atom is -0.379 e. The molecule has 0 spiro atoms. The molecule has 0 amide bonds. The summed E-state index contributed by atoms with van der Waals surface area (Å²) < 4.78 is 10.7. The molecule has 1 saturated heterocycles. The number of ether oxygens (including phenoxy) is 1. The van der Waals surface area contributed by atoms with Gasteiger partial charge in [0.1, 0.15) is 5.76 Å². The summed E-state index contributed by atoms with van der Waals surface area (Å²) in [6, 6.07) is 2.10. The van der Waals surface area contributed by atoms with Gasteiger partial charge in [0, 0.05) is 31.6 Å². The topological polar surface area (TPSA) is 50.5 Å². The molecular weight excluding hydrogens is 242 g/mol. The third-order valence-electron chi connectivity index (χ3n) is 3.79. The van der Waals surface area contributed by atoms with Gasteiger partial charge in [0.15, 0.2) is 0 Å². The number of aromatic nitrogens is 1. The minimum atomic E-state index is 0.655. The first kappa shape index (κ1) is 13.1. The predicted octanol–water partition coefficient (Wildman–Crippen LogP) is 1.36. The fourth-order valence-corrected chi connectivity index (χ4v) is 2.44. The van der Waals surface area contributed by atoms with Crippen molar-refractivity contribution in [2.24, 2.45) is 0 Å². The van der Waals surface area contributed by atoms with Crippen molar-refractivity contribution in [3.05, 3.63) is 17.5 Å². The van der Waals surface area contributed by atoms with E-state index in [1.54, 1.807) is 0 Å². The van der Waals surface area contributed by atoms with Crippen LogP contribution in [0.2, 0.25) is 0 Å². The summed E-state index contributed by atoms with van der Waals surface area (Å²) in [6.45, 7) is 6.93. The van der Waals surface area contributed by atoms with Crippen molar-refractivity contribution in [1.82, 2.24) is 15.4 Å². The second-order valence-corrected chi connectivity index (χ2v) is 5.48. The summed E-state index contributed by atoms with van der Waals surface area (Å²) in [5, 5.41) is 7.53. The number of hydrogen-bond acceptors (Lipinski definition) is 5. The van der Waals surface area contributed by atoms with Crippen LogP contribution in [0.4, 0.5) is 0 Å². The van der Waals surface area contributed by atoms with Crippen molar-refractivity contribution < 1.29 is 9.26 Å². The van der Waals surface area contributed by atoms with Gasteiger partial charge in [-0.15, -0.1) is 0 Å². The van der Waals surface area contributed by atoms with E-state index in [1.165, 1.54) is 19.3 Å². The van der Waals surface area contributed by atoms with Gasteiger partial charge in [0.2, 0.25) is 0 Å². The van der Waals surface area contributed by atoms with Crippen LogP contribution in [0.15, 0.2) is 10.6 Å². The lowest BCUT2D eigenvalue weighted by Crippen LogP contribution is -2.37. The van der Waals surface area contributed by atoms with E-state index < -0.39 is 0 Å². The molecule has 0 bridgehead atoms. The lowest BCUT2D eigenvalue weighted by Gasteiger charge is -2.26. The van der Waals surface area contributed by atoms with Gasteiger partial charge < -0.3 is 14.6 Å². The predicted molar refractivity (Wildman–Crippen MR) is 72.1 cm³/mol. The molecule has 0 radical (unpaired) electrons. The van der Waals surface area contributed by atoms with Crippen LogP contribution >= 0.6 is 0 Å². The molecule has 3 rings (SSSR count). The van der Waals surface area contributed by atoms with Gasteiger partial charge in [-0.1, -0.05) is 5.16 Å². The molecule has 1 aromatic heterocycles. The number of nitrogens with one attached hydrogen (secondary N) is 1. The summed E-state index contributed by atoms with van der Waals surface area (Å²) in [5.41, 5.74) is 1.04. The Hall–Kier alpha value is -0.910. The van der Waals surface area contributed by atoms with Gasteiger partial charge in [-0.3, -0.25) is 4.90 Å². The zero-order valence-electron chi connectivity index (χ0n) is 11.4. The third kappa shape index (κ3) is 4.03. The van der Waals surface area contributed by atoms with Crippen LogP contribution in [0.3, 0.4) is 0 Å². The highest BCUT2D eigenvalue weighted by atomic mass is 16.5. The molecule has 0 atom stereocenters. The molecule has 2 heterocycles. The molecule has 5 nitrogen and oxygen atoms in total. The summed E-state index contributed by atoms with van der Waals surface area (Å²) in [4.78, 5) is 2.46. The maximum absolute atomic E-state index is 5.34. The fraction of sp³-hybridized carbons (Fsp3) is 0.786. The largest absolute Gasteiger partial charge is 0.379 e. The van der Waals surface area contributed by atoms with Crippen molar-refractivity contribution in [3.63, 3.8) is 0 Å². The molecule has 2 aliphatic rings. The summed E-state index contributed by atoms with van der Waals surface area (Å²) in [7, 11) is 0. The average Bonchev–Trinajstić information content (AvgIpc) is 3.20. The second-order valence-electron chi connectivity index (χ2n) is 5.48. The van der Waals surface area contributed by atoms with Gasteiger partial charge in [-0.25, -0.2) is 0 Å². The van der Waals surface area contributed by atoms with Crippen molar-refractivity contribution in [2.75, 3.05) is 39.4 Å². The lowest BCUT2D eigenvalue weighted by atomic mass is 10.3. The molecule has 0 aromatic carbocycles. The smallest absolute Gasteiger partial charge is 0.140 e. The van der Waals surface area contributed by atoms with Gasteiger partial charge in [0.05, 0.1) is 18.9 Å². The van der Waals surface area contributed by atoms with Crippen LogP contribution in [-0.2, 0) is 11.3 Å². The Kier molecular flexibility index (Phi) is 4.48. The number of hydrogen-bond donors (Lipinski definition) is 1. The minimum absolute atomic E-state index is 0.655. The molecule has 1 aromatic rings. The molecule has 5 heteroatoms.